The number of carbonyl (C=O) groups excluding carboxylic acids is 1. The van der Waals surface area contributed by atoms with Crippen LogP contribution in [0.3, 0.4) is 0 Å². The molecule has 136 valence electrons. The number of rotatable bonds is 4. The average Bonchev–Trinajstić information content (AvgIpc) is 2.92. The highest BCUT2D eigenvalue weighted by atomic mass is 19.3. The number of alkyl halides is 2. The largest absolute Gasteiger partial charge is 0.441 e. The zero-order valence-corrected chi connectivity index (χ0v) is 13.9. The molecule has 0 radical (unpaired) electrons. The topological polar surface area (TPSA) is 42.4 Å². The predicted molar refractivity (Wildman–Crippen MR) is 88.1 cm³/mol. The van der Waals surface area contributed by atoms with E-state index >= 15 is 0 Å². The third-order valence-corrected chi connectivity index (χ3v) is 5.04. The van der Waals surface area contributed by atoms with Gasteiger partial charge in [0.1, 0.15) is 11.4 Å². The molecule has 1 aromatic heterocycles. The van der Waals surface area contributed by atoms with Crippen molar-refractivity contribution in [2.24, 2.45) is 0 Å². The van der Waals surface area contributed by atoms with Crippen LogP contribution in [0.2, 0.25) is 0 Å². The van der Waals surface area contributed by atoms with Gasteiger partial charge in [0, 0.05) is 18.0 Å². The molecule has 1 saturated carbocycles. The van der Waals surface area contributed by atoms with Gasteiger partial charge in [0.2, 0.25) is 0 Å². The molecule has 4 nitrogen and oxygen atoms in total. The van der Waals surface area contributed by atoms with Crippen molar-refractivity contribution in [2.45, 2.75) is 37.8 Å². The van der Waals surface area contributed by atoms with Crippen LogP contribution < -0.4 is 0 Å². The highest BCUT2D eigenvalue weighted by Gasteiger charge is 2.49. The summed E-state index contributed by atoms with van der Waals surface area (Å²) in [7, 11) is 0. The number of ether oxygens (including phenoxy) is 1. The molecule has 1 spiro atoms. The summed E-state index contributed by atoms with van der Waals surface area (Å²) in [6, 6.07) is 5.37. The van der Waals surface area contributed by atoms with Crippen LogP contribution in [0.1, 0.15) is 36.8 Å². The average molecular weight is 362 g/mol. The minimum absolute atomic E-state index is 0.328. The molecule has 0 bridgehead atoms. The maximum Gasteiger partial charge on any atom is 0.410 e. The SMILES string of the molecule is O=C1OC2(CCC2)CN1Cc1cncc(-c2ccc(F)c(C(F)F)c2)c1. The van der Waals surface area contributed by atoms with Crippen molar-refractivity contribution in [3.05, 3.63) is 53.6 Å². The van der Waals surface area contributed by atoms with Crippen LogP contribution in [0.5, 0.6) is 0 Å². The predicted octanol–water partition coefficient (Wildman–Crippen LogP) is 4.70. The number of halogens is 3. The van der Waals surface area contributed by atoms with E-state index in [0.29, 0.717) is 24.2 Å². The van der Waals surface area contributed by atoms with Crippen LogP contribution in [0.25, 0.3) is 11.1 Å². The molecule has 1 aliphatic heterocycles. The van der Waals surface area contributed by atoms with Gasteiger partial charge >= 0.3 is 6.09 Å². The lowest BCUT2D eigenvalue weighted by Crippen LogP contribution is -2.41. The summed E-state index contributed by atoms with van der Waals surface area (Å²) >= 11 is 0. The minimum atomic E-state index is -2.89. The number of hydrogen-bond donors (Lipinski definition) is 0. The number of benzene rings is 1. The van der Waals surface area contributed by atoms with Crippen molar-refractivity contribution >= 4 is 6.09 Å². The normalized spacial score (nSPS) is 18.3. The molecule has 2 fully saturated rings. The van der Waals surface area contributed by atoms with Crippen molar-refractivity contribution in [1.82, 2.24) is 9.88 Å². The van der Waals surface area contributed by atoms with E-state index in [1.54, 1.807) is 17.2 Å². The van der Waals surface area contributed by atoms with Gasteiger partial charge in [-0.25, -0.2) is 18.0 Å². The number of nitrogens with zero attached hydrogens (tertiary/aromatic N) is 2. The van der Waals surface area contributed by atoms with Crippen LogP contribution in [-0.4, -0.2) is 28.1 Å². The Morgan fingerprint density at radius 1 is 1.19 bits per heavy atom. The lowest BCUT2D eigenvalue weighted by atomic mass is 9.80. The Hall–Kier alpha value is -2.57. The Morgan fingerprint density at radius 3 is 2.65 bits per heavy atom. The fraction of sp³-hybridized carbons (Fsp3) is 0.368. The van der Waals surface area contributed by atoms with E-state index in [9.17, 15) is 18.0 Å². The highest BCUT2D eigenvalue weighted by Crippen LogP contribution is 2.41. The van der Waals surface area contributed by atoms with E-state index in [2.05, 4.69) is 4.98 Å². The number of carbonyl (C=O) groups is 1. The molecule has 1 amide bonds. The summed E-state index contributed by atoms with van der Waals surface area (Å²) in [5.41, 5.74) is 0.846. The molecular weight excluding hydrogens is 345 g/mol. The Labute approximate surface area is 148 Å². The molecule has 2 aromatic rings. The van der Waals surface area contributed by atoms with E-state index < -0.39 is 17.8 Å². The third kappa shape index (κ3) is 3.02. The lowest BCUT2D eigenvalue weighted by Gasteiger charge is -2.35. The zero-order valence-electron chi connectivity index (χ0n) is 13.9. The molecule has 7 heteroatoms. The van der Waals surface area contributed by atoms with Crippen molar-refractivity contribution in [3.8, 4) is 11.1 Å². The summed E-state index contributed by atoms with van der Waals surface area (Å²) in [6.45, 7) is 0.895. The van der Waals surface area contributed by atoms with Gasteiger partial charge in [0.05, 0.1) is 18.7 Å². The van der Waals surface area contributed by atoms with Crippen LogP contribution in [0, 0.1) is 5.82 Å². The number of aromatic nitrogens is 1. The van der Waals surface area contributed by atoms with Crippen LogP contribution >= 0.6 is 0 Å². The van der Waals surface area contributed by atoms with E-state index in [4.69, 9.17) is 4.74 Å². The number of hydrogen-bond acceptors (Lipinski definition) is 3. The van der Waals surface area contributed by atoms with Crippen molar-refractivity contribution in [1.29, 1.82) is 0 Å². The molecule has 0 unspecified atom stereocenters. The molecule has 2 heterocycles. The summed E-state index contributed by atoms with van der Waals surface area (Å²) in [5.74, 6) is -0.932. The van der Waals surface area contributed by atoms with Gasteiger partial charge in [-0.05, 0) is 48.6 Å². The van der Waals surface area contributed by atoms with Gasteiger partial charge in [-0.3, -0.25) is 9.88 Å². The molecule has 26 heavy (non-hydrogen) atoms. The molecule has 0 atom stereocenters. The van der Waals surface area contributed by atoms with Crippen LogP contribution in [-0.2, 0) is 11.3 Å². The van der Waals surface area contributed by atoms with Gasteiger partial charge in [-0.15, -0.1) is 0 Å². The Morgan fingerprint density at radius 2 is 2.00 bits per heavy atom. The van der Waals surface area contributed by atoms with Gasteiger partial charge < -0.3 is 4.74 Å². The first-order valence-corrected chi connectivity index (χ1v) is 8.46. The summed E-state index contributed by atoms with van der Waals surface area (Å²) in [4.78, 5) is 17.8. The maximum absolute atomic E-state index is 13.5. The zero-order chi connectivity index (χ0) is 18.3. The second-order valence-electron chi connectivity index (χ2n) is 6.88. The van der Waals surface area contributed by atoms with E-state index in [-0.39, 0.29) is 11.7 Å². The Kier molecular flexibility index (Phi) is 4.09. The maximum atomic E-state index is 13.5. The summed E-state index contributed by atoms with van der Waals surface area (Å²) in [6.07, 6.45) is 2.77. The van der Waals surface area contributed by atoms with Crippen molar-refractivity contribution in [2.75, 3.05) is 6.54 Å². The van der Waals surface area contributed by atoms with Crippen molar-refractivity contribution < 1.29 is 22.7 Å². The second-order valence-corrected chi connectivity index (χ2v) is 6.88. The number of amides is 1. The third-order valence-electron chi connectivity index (χ3n) is 5.04. The fourth-order valence-electron chi connectivity index (χ4n) is 3.49. The molecular formula is C19H17F3N2O2. The van der Waals surface area contributed by atoms with E-state index in [0.717, 1.165) is 37.0 Å². The standard InChI is InChI=1S/C19H17F3N2O2/c20-16-3-2-13(7-15(16)17(21)22)14-6-12(8-23-9-14)10-24-11-19(4-1-5-19)26-18(24)25/h2-3,6-9,17H,1,4-5,10-11H2. The molecule has 0 N–H and O–H groups in total. The molecule has 1 aliphatic carbocycles. The van der Waals surface area contributed by atoms with E-state index in [1.807, 2.05) is 0 Å². The van der Waals surface area contributed by atoms with Gasteiger partial charge in [-0.1, -0.05) is 6.07 Å². The molecule has 4 rings (SSSR count). The first kappa shape index (κ1) is 16.9. The second kappa shape index (κ2) is 6.30. The minimum Gasteiger partial charge on any atom is -0.441 e. The lowest BCUT2D eigenvalue weighted by molar-refractivity contribution is -0.00690. The summed E-state index contributed by atoms with van der Waals surface area (Å²) in [5, 5.41) is 0. The Balaban J connectivity index is 1.56. The van der Waals surface area contributed by atoms with Crippen LogP contribution in [0.4, 0.5) is 18.0 Å². The molecule has 1 aromatic carbocycles. The smallest absolute Gasteiger partial charge is 0.410 e. The Bertz CT molecular complexity index is 852. The molecule has 2 aliphatic rings. The fourth-order valence-corrected chi connectivity index (χ4v) is 3.49. The monoisotopic (exact) mass is 362 g/mol. The highest BCUT2D eigenvalue weighted by molar-refractivity contribution is 5.71. The number of pyridine rings is 1. The first-order valence-electron chi connectivity index (χ1n) is 8.46. The summed E-state index contributed by atoms with van der Waals surface area (Å²) < 4.78 is 44.8. The van der Waals surface area contributed by atoms with Gasteiger partial charge in [0.25, 0.3) is 6.43 Å². The first-order chi connectivity index (χ1) is 12.5. The van der Waals surface area contributed by atoms with Crippen molar-refractivity contribution in [3.63, 3.8) is 0 Å². The van der Waals surface area contributed by atoms with Gasteiger partial charge in [0.15, 0.2) is 0 Å². The van der Waals surface area contributed by atoms with Crippen LogP contribution in [0.15, 0.2) is 36.7 Å². The van der Waals surface area contributed by atoms with Gasteiger partial charge in [-0.2, -0.15) is 0 Å². The van der Waals surface area contributed by atoms with E-state index in [1.165, 1.54) is 12.3 Å². The quantitative estimate of drug-likeness (QED) is 0.792. The molecule has 1 saturated heterocycles.